The van der Waals surface area contributed by atoms with E-state index in [2.05, 4.69) is 209 Å². The van der Waals surface area contributed by atoms with E-state index < -0.39 is 0 Å². The van der Waals surface area contributed by atoms with Crippen LogP contribution in [0.2, 0.25) is 0 Å². The zero-order valence-electron chi connectivity index (χ0n) is 31.4. The third kappa shape index (κ3) is 8.52. The topological polar surface area (TPSA) is 16.4 Å². The number of hydrogen-bond acceptors (Lipinski definition) is 2. The molecule has 0 N–H and O–H groups in total. The van der Waals surface area contributed by atoms with Crippen molar-refractivity contribution in [3.8, 4) is 22.3 Å². The van der Waals surface area contributed by atoms with Crippen LogP contribution in [0.1, 0.15) is 22.3 Å². The molecular formula is C52H45NO. The first kappa shape index (κ1) is 35.7. The second-order valence-corrected chi connectivity index (χ2v) is 13.7. The standard InChI is InChI=1S/C26H23N.C13H10O.C13H12/c1-20-12-14-22(15-13-20)23-16-18-25(19-17-23)27(24-9-4-3-5-10-24)26-11-7-6-8-21(26)2;1-9-6-7-11-10-4-2-3-5-12(10)14-13(11)8-9;1-11-7-9-13(10-8-11)12-5-3-2-4-6-12/h3-19H,1-2H3;2-8H,1H3;2-10H,1H3. The Hall–Kier alpha value is -6.64. The summed E-state index contributed by atoms with van der Waals surface area (Å²) in [7, 11) is 0. The molecule has 1 aromatic heterocycles. The highest BCUT2D eigenvalue weighted by Gasteiger charge is 2.14. The average Bonchev–Trinajstić information content (AvgIpc) is 3.58. The van der Waals surface area contributed by atoms with Gasteiger partial charge in [-0.1, -0.05) is 169 Å². The van der Waals surface area contributed by atoms with Crippen molar-refractivity contribution in [2.45, 2.75) is 27.7 Å². The molecule has 0 spiro atoms. The number of fused-ring (bicyclic) bond motifs is 3. The number of furan rings is 1. The first-order valence-corrected chi connectivity index (χ1v) is 18.5. The SMILES string of the molecule is Cc1ccc(-c2ccc(N(c3ccccc3)c3ccccc3C)cc2)cc1.Cc1ccc(-c2ccccc2)cc1.Cc1ccc2c(c1)oc1ccccc12. The van der Waals surface area contributed by atoms with Crippen molar-refractivity contribution in [2.24, 2.45) is 0 Å². The maximum Gasteiger partial charge on any atom is 0.135 e. The molecule has 0 amide bonds. The van der Waals surface area contributed by atoms with E-state index in [1.165, 1.54) is 61.0 Å². The lowest BCUT2D eigenvalue weighted by Gasteiger charge is -2.27. The van der Waals surface area contributed by atoms with Crippen molar-refractivity contribution >= 4 is 39.0 Å². The number of anilines is 3. The number of nitrogens with zero attached hydrogens (tertiary/aromatic N) is 1. The summed E-state index contributed by atoms with van der Waals surface area (Å²) in [5.41, 5.74) is 15.6. The van der Waals surface area contributed by atoms with E-state index in [0.29, 0.717) is 0 Å². The largest absolute Gasteiger partial charge is 0.456 e. The molecule has 0 aliphatic heterocycles. The first-order valence-electron chi connectivity index (χ1n) is 18.5. The summed E-state index contributed by atoms with van der Waals surface area (Å²) in [6, 6.07) is 70.0. The summed E-state index contributed by atoms with van der Waals surface area (Å²) in [6.45, 7) is 8.46. The second kappa shape index (κ2) is 16.8. The highest BCUT2D eigenvalue weighted by Crippen LogP contribution is 2.37. The van der Waals surface area contributed by atoms with Crippen LogP contribution < -0.4 is 4.90 Å². The number of para-hydroxylation sites is 3. The fourth-order valence-corrected chi connectivity index (χ4v) is 6.58. The van der Waals surface area contributed by atoms with Crippen LogP contribution in [-0.4, -0.2) is 0 Å². The van der Waals surface area contributed by atoms with Gasteiger partial charge in [0.25, 0.3) is 0 Å². The van der Waals surface area contributed by atoms with Gasteiger partial charge in [0.2, 0.25) is 0 Å². The minimum atomic E-state index is 0.966. The van der Waals surface area contributed by atoms with Crippen molar-refractivity contribution in [3.63, 3.8) is 0 Å². The molecule has 0 aliphatic rings. The van der Waals surface area contributed by atoms with Gasteiger partial charge in [-0.3, -0.25) is 0 Å². The normalized spacial score (nSPS) is 10.6. The van der Waals surface area contributed by atoms with Gasteiger partial charge in [-0.2, -0.15) is 0 Å². The Morgan fingerprint density at radius 3 is 1.39 bits per heavy atom. The van der Waals surface area contributed by atoms with E-state index in [0.717, 1.165) is 22.5 Å². The molecular weight excluding hydrogens is 655 g/mol. The van der Waals surface area contributed by atoms with E-state index in [-0.39, 0.29) is 0 Å². The fraction of sp³-hybridized carbons (Fsp3) is 0.0769. The van der Waals surface area contributed by atoms with E-state index >= 15 is 0 Å². The van der Waals surface area contributed by atoms with Crippen molar-refractivity contribution < 1.29 is 4.42 Å². The number of hydrogen-bond donors (Lipinski definition) is 0. The van der Waals surface area contributed by atoms with Crippen LogP contribution in [0.5, 0.6) is 0 Å². The molecule has 0 unspecified atom stereocenters. The summed E-state index contributed by atoms with van der Waals surface area (Å²) in [5, 5.41) is 2.40. The summed E-state index contributed by atoms with van der Waals surface area (Å²) in [6.07, 6.45) is 0. The van der Waals surface area contributed by atoms with Gasteiger partial charge in [0, 0.05) is 27.8 Å². The molecule has 0 fully saturated rings. The molecule has 264 valence electrons. The first-order chi connectivity index (χ1) is 26.4. The fourth-order valence-electron chi connectivity index (χ4n) is 6.58. The zero-order chi connectivity index (χ0) is 37.3. The van der Waals surface area contributed by atoms with Gasteiger partial charge in [-0.25, -0.2) is 0 Å². The lowest BCUT2D eigenvalue weighted by atomic mass is 10.0. The molecule has 2 heteroatoms. The number of aryl methyl sites for hydroxylation is 4. The predicted octanol–water partition coefficient (Wildman–Crippen LogP) is 15.0. The van der Waals surface area contributed by atoms with Crippen molar-refractivity contribution in [1.82, 2.24) is 0 Å². The second-order valence-electron chi connectivity index (χ2n) is 13.7. The third-order valence-electron chi connectivity index (χ3n) is 9.57. The van der Waals surface area contributed by atoms with Gasteiger partial charge in [0.15, 0.2) is 0 Å². The minimum Gasteiger partial charge on any atom is -0.456 e. The van der Waals surface area contributed by atoms with Crippen molar-refractivity contribution in [3.05, 3.63) is 222 Å². The average molecular weight is 700 g/mol. The van der Waals surface area contributed by atoms with E-state index in [1.807, 2.05) is 24.3 Å². The van der Waals surface area contributed by atoms with Crippen LogP contribution in [0.25, 0.3) is 44.2 Å². The molecule has 0 radical (unpaired) electrons. The molecule has 0 atom stereocenters. The van der Waals surface area contributed by atoms with Gasteiger partial charge in [0.1, 0.15) is 11.2 Å². The molecule has 0 saturated carbocycles. The Labute approximate surface area is 319 Å². The third-order valence-corrected chi connectivity index (χ3v) is 9.57. The monoisotopic (exact) mass is 699 g/mol. The Morgan fingerprint density at radius 1 is 0.333 bits per heavy atom. The van der Waals surface area contributed by atoms with Crippen LogP contribution >= 0.6 is 0 Å². The van der Waals surface area contributed by atoms with Crippen LogP contribution in [0, 0.1) is 27.7 Å². The van der Waals surface area contributed by atoms with E-state index in [9.17, 15) is 0 Å². The Bertz CT molecular complexity index is 2550. The van der Waals surface area contributed by atoms with Crippen molar-refractivity contribution in [1.29, 1.82) is 0 Å². The molecule has 0 aliphatic carbocycles. The number of benzene rings is 8. The smallest absolute Gasteiger partial charge is 0.135 e. The lowest BCUT2D eigenvalue weighted by Crippen LogP contribution is -2.11. The van der Waals surface area contributed by atoms with Gasteiger partial charge in [-0.15, -0.1) is 0 Å². The Balaban J connectivity index is 0.000000139. The van der Waals surface area contributed by atoms with Gasteiger partial charge in [0.05, 0.1) is 0 Å². The molecule has 1 heterocycles. The van der Waals surface area contributed by atoms with Gasteiger partial charge >= 0.3 is 0 Å². The quantitative estimate of drug-likeness (QED) is 0.178. The molecule has 54 heavy (non-hydrogen) atoms. The number of rotatable bonds is 5. The van der Waals surface area contributed by atoms with Crippen LogP contribution in [0.4, 0.5) is 17.1 Å². The molecule has 9 rings (SSSR count). The maximum atomic E-state index is 5.73. The lowest BCUT2D eigenvalue weighted by molar-refractivity contribution is 0.668. The van der Waals surface area contributed by atoms with Crippen LogP contribution in [0.3, 0.4) is 0 Å². The molecule has 2 nitrogen and oxygen atoms in total. The van der Waals surface area contributed by atoms with Gasteiger partial charge < -0.3 is 9.32 Å². The maximum absolute atomic E-state index is 5.73. The summed E-state index contributed by atoms with van der Waals surface area (Å²) >= 11 is 0. The van der Waals surface area contributed by atoms with Crippen molar-refractivity contribution in [2.75, 3.05) is 4.90 Å². The highest BCUT2D eigenvalue weighted by atomic mass is 16.3. The zero-order valence-corrected chi connectivity index (χ0v) is 31.4. The summed E-state index contributed by atoms with van der Waals surface area (Å²) in [4.78, 5) is 2.31. The van der Waals surface area contributed by atoms with Crippen LogP contribution in [0.15, 0.2) is 205 Å². The van der Waals surface area contributed by atoms with Gasteiger partial charge in [-0.05, 0) is 104 Å². The minimum absolute atomic E-state index is 0.966. The van der Waals surface area contributed by atoms with E-state index in [1.54, 1.807) is 0 Å². The molecule has 0 saturated heterocycles. The summed E-state index contributed by atoms with van der Waals surface area (Å²) < 4.78 is 5.73. The Kier molecular flexibility index (Phi) is 11.1. The van der Waals surface area contributed by atoms with E-state index in [4.69, 9.17) is 4.42 Å². The molecule has 9 aromatic rings. The highest BCUT2D eigenvalue weighted by molar-refractivity contribution is 6.04. The van der Waals surface area contributed by atoms with Crippen LogP contribution in [-0.2, 0) is 0 Å². The summed E-state index contributed by atoms with van der Waals surface area (Å²) in [5.74, 6) is 0. The molecule has 0 bridgehead atoms. The Morgan fingerprint density at radius 2 is 0.778 bits per heavy atom. The molecule has 8 aromatic carbocycles. The predicted molar refractivity (Wildman–Crippen MR) is 231 cm³/mol.